The van der Waals surface area contributed by atoms with Crippen molar-refractivity contribution in [3.8, 4) is 0 Å². The van der Waals surface area contributed by atoms with E-state index in [1.54, 1.807) is 37.4 Å². The molecule has 5 heteroatoms. The van der Waals surface area contributed by atoms with Crippen LogP contribution in [0.4, 0.5) is 5.69 Å². The van der Waals surface area contributed by atoms with Crippen LogP contribution >= 0.6 is 0 Å². The number of aryl methyl sites for hydroxylation is 2. The Morgan fingerprint density at radius 2 is 1.89 bits per heavy atom. The van der Waals surface area contributed by atoms with Crippen LogP contribution in [0.5, 0.6) is 0 Å². The highest BCUT2D eigenvalue weighted by molar-refractivity contribution is 6.01. The van der Waals surface area contributed by atoms with Gasteiger partial charge in [0.1, 0.15) is 0 Å². The Hall–Kier alpha value is -2.92. The average molecular weight is 364 g/mol. The molecular weight excluding hydrogens is 340 g/mol. The third-order valence-corrected chi connectivity index (χ3v) is 4.64. The monoisotopic (exact) mass is 364 g/mol. The maximum atomic E-state index is 12.6. The minimum absolute atomic E-state index is 0.0843. The van der Waals surface area contributed by atoms with Gasteiger partial charge in [0.15, 0.2) is 0 Å². The molecule has 0 aliphatic carbocycles. The molecule has 0 fully saturated rings. The summed E-state index contributed by atoms with van der Waals surface area (Å²) < 4.78 is 1.48. The van der Waals surface area contributed by atoms with Gasteiger partial charge in [-0.15, -0.1) is 0 Å². The zero-order valence-corrected chi connectivity index (χ0v) is 15.6. The molecule has 1 atom stereocenters. The zero-order valence-electron chi connectivity index (χ0n) is 15.6. The second kappa shape index (κ2) is 8.18. The van der Waals surface area contributed by atoms with Crippen LogP contribution < -0.4 is 10.9 Å². The van der Waals surface area contributed by atoms with Crippen molar-refractivity contribution in [3.05, 3.63) is 76.2 Å². The first-order valence-electron chi connectivity index (χ1n) is 9.10. The summed E-state index contributed by atoms with van der Waals surface area (Å²) >= 11 is 0. The highest BCUT2D eigenvalue weighted by atomic mass is 16.3. The van der Waals surface area contributed by atoms with Crippen molar-refractivity contribution in [2.45, 2.75) is 39.3 Å². The van der Waals surface area contributed by atoms with E-state index in [2.05, 4.69) is 5.32 Å². The lowest BCUT2D eigenvalue weighted by Crippen LogP contribution is -2.25. The number of amides is 1. The van der Waals surface area contributed by atoms with E-state index in [0.29, 0.717) is 29.3 Å². The minimum atomic E-state index is -0.607. The van der Waals surface area contributed by atoms with E-state index >= 15 is 0 Å². The lowest BCUT2D eigenvalue weighted by molar-refractivity contribution is -0.116. The molecular formula is C22H24N2O3. The van der Waals surface area contributed by atoms with Gasteiger partial charge in [0.2, 0.25) is 5.91 Å². The number of benzene rings is 2. The van der Waals surface area contributed by atoms with Gasteiger partial charge in [-0.2, -0.15) is 0 Å². The van der Waals surface area contributed by atoms with Crippen LogP contribution in [0.2, 0.25) is 0 Å². The summed E-state index contributed by atoms with van der Waals surface area (Å²) in [4.78, 5) is 25.0. The number of carbonyl (C=O) groups excluding carboxylic acids is 1. The van der Waals surface area contributed by atoms with Gasteiger partial charge in [-0.1, -0.05) is 30.3 Å². The molecule has 0 radical (unpaired) electrons. The van der Waals surface area contributed by atoms with Crippen LogP contribution in [-0.4, -0.2) is 21.7 Å². The SMILES string of the molecule is Cc1ccccc1CCC(=O)Nc1cccc2c(=O)n(CC(C)O)ccc12. The van der Waals surface area contributed by atoms with Crippen molar-refractivity contribution in [2.75, 3.05) is 5.32 Å². The fraction of sp³-hybridized carbons (Fsp3) is 0.273. The summed E-state index contributed by atoms with van der Waals surface area (Å²) in [6, 6.07) is 15.1. The Kier molecular flexibility index (Phi) is 5.72. The zero-order chi connectivity index (χ0) is 19.4. The number of nitrogens with zero attached hydrogens (tertiary/aromatic N) is 1. The van der Waals surface area contributed by atoms with Crippen LogP contribution in [0.15, 0.2) is 59.5 Å². The molecule has 140 valence electrons. The van der Waals surface area contributed by atoms with Gasteiger partial charge in [-0.25, -0.2) is 0 Å². The molecule has 5 nitrogen and oxygen atoms in total. The number of carbonyl (C=O) groups is 1. The largest absolute Gasteiger partial charge is 0.392 e. The van der Waals surface area contributed by atoms with Crippen molar-refractivity contribution in [3.63, 3.8) is 0 Å². The smallest absolute Gasteiger partial charge is 0.258 e. The first-order valence-corrected chi connectivity index (χ1v) is 9.10. The molecule has 3 aromatic rings. The Bertz CT molecular complexity index is 1020. The number of pyridine rings is 1. The highest BCUT2D eigenvalue weighted by Crippen LogP contribution is 2.21. The summed E-state index contributed by atoms with van der Waals surface area (Å²) in [7, 11) is 0. The third-order valence-electron chi connectivity index (χ3n) is 4.64. The maximum absolute atomic E-state index is 12.6. The van der Waals surface area contributed by atoms with Gasteiger partial charge in [0, 0.05) is 29.1 Å². The molecule has 2 aromatic carbocycles. The molecule has 0 saturated heterocycles. The van der Waals surface area contributed by atoms with E-state index in [0.717, 1.165) is 5.56 Å². The second-order valence-electron chi connectivity index (χ2n) is 6.86. The highest BCUT2D eigenvalue weighted by Gasteiger charge is 2.10. The summed E-state index contributed by atoms with van der Waals surface area (Å²) in [6.45, 7) is 3.92. The molecule has 1 aromatic heterocycles. The van der Waals surface area contributed by atoms with Gasteiger partial charge in [-0.05, 0) is 49.6 Å². The standard InChI is InChI=1S/C22H24N2O3/c1-15-6-3-4-7-17(15)10-11-21(26)23-20-9-5-8-19-18(20)12-13-24(22(19)27)14-16(2)25/h3-9,12-13,16,25H,10-11,14H2,1-2H3,(H,23,26). The predicted octanol–water partition coefficient (Wildman–Crippen LogP) is 3.26. The Balaban J connectivity index is 1.78. The van der Waals surface area contributed by atoms with E-state index in [1.165, 1.54) is 10.1 Å². The summed E-state index contributed by atoms with van der Waals surface area (Å²) in [5.41, 5.74) is 2.79. The van der Waals surface area contributed by atoms with Crippen molar-refractivity contribution < 1.29 is 9.90 Å². The molecule has 0 saturated carbocycles. The molecule has 2 N–H and O–H groups in total. The summed E-state index contributed by atoms with van der Waals surface area (Å²) in [5, 5.41) is 13.7. The number of hydrogen-bond donors (Lipinski definition) is 2. The molecule has 0 bridgehead atoms. The number of aliphatic hydroxyl groups excluding tert-OH is 1. The van der Waals surface area contributed by atoms with Crippen molar-refractivity contribution in [2.24, 2.45) is 0 Å². The average Bonchev–Trinajstić information content (AvgIpc) is 2.63. The van der Waals surface area contributed by atoms with Gasteiger partial charge in [-0.3, -0.25) is 9.59 Å². The third kappa shape index (κ3) is 4.44. The van der Waals surface area contributed by atoms with Crippen LogP contribution in [0.25, 0.3) is 10.8 Å². The van der Waals surface area contributed by atoms with Gasteiger partial charge in [0.25, 0.3) is 5.56 Å². The van der Waals surface area contributed by atoms with Crippen LogP contribution in [-0.2, 0) is 17.8 Å². The number of anilines is 1. The molecule has 3 rings (SSSR count). The molecule has 0 aliphatic rings. The van der Waals surface area contributed by atoms with E-state index in [9.17, 15) is 14.7 Å². The number of aromatic nitrogens is 1. The quantitative estimate of drug-likeness (QED) is 0.705. The Labute approximate surface area is 158 Å². The Morgan fingerprint density at radius 1 is 1.11 bits per heavy atom. The second-order valence-corrected chi connectivity index (χ2v) is 6.86. The summed E-state index contributed by atoms with van der Waals surface area (Å²) in [6.07, 6.45) is 2.09. The van der Waals surface area contributed by atoms with Crippen molar-refractivity contribution in [1.82, 2.24) is 4.57 Å². The Morgan fingerprint density at radius 3 is 2.63 bits per heavy atom. The van der Waals surface area contributed by atoms with Gasteiger partial charge in [0.05, 0.1) is 12.6 Å². The fourth-order valence-corrected chi connectivity index (χ4v) is 3.21. The fourth-order valence-electron chi connectivity index (χ4n) is 3.21. The molecule has 1 unspecified atom stereocenters. The van der Waals surface area contributed by atoms with Crippen LogP contribution in [0.1, 0.15) is 24.5 Å². The first kappa shape index (κ1) is 18.9. The number of rotatable bonds is 6. The van der Waals surface area contributed by atoms with E-state index in [-0.39, 0.29) is 18.0 Å². The number of aliphatic hydroxyl groups is 1. The van der Waals surface area contributed by atoms with E-state index in [4.69, 9.17) is 0 Å². The predicted molar refractivity (Wildman–Crippen MR) is 108 cm³/mol. The van der Waals surface area contributed by atoms with Gasteiger partial charge >= 0.3 is 0 Å². The van der Waals surface area contributed by atoms with E-state index in [1.807, 2.05) is 31.2 Å². The van der Waals surface area contributed by atoms with Crippen molar-refractivity contribution in [1.29, 1.82) is 0 Å². The van der Waals surface area contributed by atoms with Crippen LogP contribution in [0, 0.1) is 6.92 Å². The summed E-state index contributed by atoms with van der Waals surface area (Å²) in [5.74, 6) is -0.0843. The minimum Gasteiger partial charge on any atom is -0.392 e. The van der Waals surface area contributed by atoms with Crippen LogP contribution in [0.3, 0.4) is 0 Å². The normalized spacial score (nSPS) is 12.1. The number of nitrogens with one attached hydrogen (secondary N) is 1. The maximum Gasteiger partial charge on any atom is 0.258 e. The topological polar surface area (TPSA) is 71.3 Å². The molecule has 1 amide bonds. The molecule has 0 aliphatic heterocycles. The lowest BCUT2D eigenvalue weighted by atomic mass is 10.0. The lowest BCUT2D eigenvalue weighted by Gasteiger charge is -2.12. The van der Waals surface area contributed by atoms with Gasteiger partial charge < -0.3 is 15.0 Å². The van der Waals surface area contributed by atoms with E-state index < -0.39 is 6.10 Å². The number of fused-ring (bicyclic) bond motifs is 1. The first-order chi connectivity index (χ1) is 13.0. The number of hydrogen-bond acceptors (Lipinski definition) is 3. The molecule has 27 heavy (non-hydrogen) atoms. The molecule has 1 heterocycles. The molecule has 0 spiro atoms. The van der Waals surface area contributed by atoms with Crippen molar-refractivity contribution >= 4 is 22.4 Å².